The highest BCUT2D eigenvalue weighted by molar-refractivity contribution is 5.96. The molecule has 4 bridgehead atoms. The fourth-order valence-corrected chi connectivity index (χ4v) is 2.86. The number of carbonyl (C=O) groups is 2. The lowest BCUT2D eigenvalue weighted by Crippen LogP contribution is -2.34. The number of rotatable bonds is 0. The molecule has 32 heavy (non-hydrogen) atoms. The Balaban J connectivity index is 1.59. The van der Waals surface area contributed by atoms with Crippen LogP contribution in [0.4, 0.5) is 0 Å². The van der Waals surface area contributed by atoms with E-state index in [0.717, 1.165) is 11.4 Å². The van der Waals surface area contributed by atoms with Crippen LogP contribution in [0.1, 0.15) is 32.4 Å². The fourth-order valence-electron chi connectivity index (χ4n) is 2.86. The topological polar surface area (TPSA) is 133 Å². The van der Waals surface area contributed by atoms with Crippen molar-refractivity contribution in [2.75, 3.05) is 52.4 Å². The minimum atomic E-state index is -0.317. The van der Waals surface area contributed by atoms with Crippen LogP contribution in [0.3, 0.4) is 0 Å². The van der Waals surface area contributed by atoms with Crippen molar-refractivity contribution in [3.05, 3.63) is 59.2 Å². The molecule has 1 aliphatic rings. The zero-order valence-corrected chi connectivity index (χ0v) is 17.9. The smallest absolute Gasteiger partial charge is 0.269 e. The van der Waals surface area contributed by atoms with Crippen molar-refractivity contribution >= 4 is 24.2 Å². The summed E-state index contributed by atoms with van der Waals surface area (Å²) in [6.07, 6.45) is 3.49. The second-order valence-corrected chi connectivity index (χ2v) is 6.98. The molecule has 0 aliphatic carbocycles. The van der Waals surface area contributed by atoms with Gasteiger partial charge in [-0.25, -0.2) is 9.97 Å². The van der Waals surface area contributed by atoms with Gasteiger partial charge in [-0.05, 0) is 24.3 Å². The molecule has 0 saturated heterocycles. The summed E-state index contributed by atoms with van der Waals surface area (Å²) < 4.78 is 0. The van der Waals surface area contributed by atoms with Gasteiger partial charge in [0.2, 0.25) is 0 Å². The third-order valence-electron chi connectivity index (χ3n) is 4.46. The average Bonchev–Trinajstić information content (AvgIpc) is 2.82. The molecule has 0 atom stereocenters. The maximum atomic E-state index is 12.3. The Kier molecular flexibility index (Phi) is 9.43. The maximum Gasteiger partial charge on any atom is 0.269 e. The summed E-state index contributed by atoms with van der Waals surface area (Å²) in [6, 6.07) is 10.5. The number of hydrogen-bond donors (Lipinski definition) is 4. The second kappa shape index (κ2) is 13.0. The van der Waals surface area contributed by atoms with Gasteiger partial charge in [-0.15, -0.1) is 0 Å². The van der Waals surface area contributed by atoms with Gasteiger partial charge in [-0.1, -0.05) is 12.1 Å². The standard InChI is InChI=1S/C22H28N8O2/c31-21-19-5-2-6-20(30-19)22(32)28-14-12-24-8-10-26-16-18-4-1-3-17(29-18)15-25-9-7-23-11-13-27-21/h1-6,15-16,23-24H,7-14H2,(H,27,31)(H,28,32). The largest absolute Gasteiger partial charge is 0.349 e. The Morgan fingerprint density at radius 1 is 0.594 bits per heavy atom. The molecule has 1 aliphatic heterocycles. The van der Waals surface area contributed by atoms with Crippen molar-refractivity contribution in [1.82, 2.24) is 31.2 Å². The number of nitrogens with one attached hydrogen (secondary N) is 4. The lowest BCUT2D eigenvalue weighted by Gasteiger charge is -2.08. The molecule has 3 heterocycles. The Bertz CT molecular complexity index is 892. The predicted molar refractivity (Wildman–Crippen MR) is 124 cm³/mol. The molecule has 2 aromatic rings. The second-order valence-electron chi connectivity index (χ2n) is 6.98. The molecule has 10 heteroatoms. The van der Waals surface area contributed by atoms with Crippen molar-refractivity contribution in [3.8, 4) is 0 Å². The molecule has 4 N–H and O–H groups in total. The summed E-state index contributed by atoms with van der Waals surface area (Å²) in [5.41, 5.74) is 1.98. The number of hydrogen-bond acceptors (Lipinski definition) is 8. The van der Waals surface area contributed by atoms with Crippen LogP contribution in [-0.4, -0.2) is 86.6 Å². The summed E-state index contributed by atoms with van der Waals surface area (Å²) in [7, 11) is 0. The van der Waals surface area contributed by atoms with Crippen molar-refractivity contribution in [2.24, 2.45) is 9.98 Å². The third kappa shape index (κ3) is 7.97. The molecule has 10 nitrogen and oxygen atoms in total. The molecule has 0 aromatic carbocycles. The average molecular weight is 437 g/mol. The zero-order valence-electron chi connectivity index (χ0n) is 17.9. The van der Waals surface area contributed by atoms with Gasteiger partial charge in [-0.2, -0.15) is 0 Å². The van der Waals surface area contributed by atoms with Crippen LogP contribution in [0.5, 0.6) is 0 Å². The van der Waals surface area contributed by atoms with E-state index in [9.17, 15) is 9.59 Å². The van der Waals surface area contributed by atoms with Crippen LogP contribution >= 0.6 is 0 Å². The highest BCUT2D eigenvalue weighted by Gasteiger charge is 2.11. The quantitative estimate of drug-likeness (QED) is 0.447. The normalized spacial score (nSPS) is 17.1. The summed E-state index contributed by atoms with van der Waals surface area (Å²) in [6.45, 7) is 4.61. The Morgan fingerprint density at radius 3 is 1.62 bits per heavy atom. The van der Waals surface area contributed by atoms with Crippen molar-refractivity contribution in [2.45, 2.75) is 0 Å². The van der Waals surface area contributed by atoms with E-state index in [1.807, 2.05) is 18.2 Å². The monoisotopic (exact) mass is 436 g/mol. The molecule has 0 fully saturated rings. The molecule has 3 rings (SSSR count). The number of fused-ring (bicyclic) bond motifs is 4. The Hall–Kier alpha value is -3.50. The van der Waals surface area contributed by atoms with Crippen LogP contribution in [0, 0.1) is 0 Å². The van der Waals surface area contributed by atoms with E-state index in [1.54, 1.807) is 30.6 Å². The molecular weight excluding hydrogens is 408 g/mol. The first kappa shape index (κ1) is 23.2. The molecule has 168 valence electrons. The number of pyridine rings is 2. The van der Waals surface area contributed by atoms with Gasteiger partial charge in [0.15, 0.2) is 0 Å². The van der Waals surface area contributed by atoms with E-state index in [-0.39, 0.29) is 23.2 Å². The van der Waals surface area contributed by atoms with E-state index in [0.29, 0.717) is 52.4 Å². The SMILES string of the molecule is O=C1NCCNCCN=Cc2cccc(n2)C=NCCNCCNC(=O)c2cccc1n2. The van der Waals surface area contributed by atoms with Gasteiger partial charge in [-0.3, -0.25) is 19.6 Å². The van der Waals surface area contributed by atoms with Gasteiger partial charge >= 0.3 is 0 Å². The molecule has 0 saturated carbocycles. The van der Waals surface area contributed by atoms with Crippen molar-refractivity contribution in [1.29, 1.82) is 0 Å². The van der Waals surface area contributed by atoms with Gasteiger partial charge in [0.05, 0.1) is 24.5 Å². The van der Waals surface area contributed by atoms with E-state index in [2.05, 4.69) is 41.2 Å². The Labute approximate surface area is 187 Å². The van der Waals surface area contributed by atoms with Crippen LogP contribution in [0.2, 0.25) is 0 Å². The Morgan fingerprint density at radius 2 is 1.09 bits per heavy atom. The van der Waals surface area contributed by atoms with E-state index < -0.39 is 0 Å². The van der Waals surface area contributed by atoms with Crippen LogP contribution in [0.25, 0.3) is 0 Å². The zero-order chi connectivity index (χ0) is 22.4. The molecular formula is C22H28N8O2. The molecule has 2 amide bonds. The van der Waals surface area contributed by atoms with Crippen LogP contribution in [-0.2, 0) is 0 Å². The van der Waals surface area contributed by atoms with Gasteiger partial charge < -0.3 is 21.3 Å². The van der Waals surface area contributed by atoms with Crippen molar-refractivity contribution < 1.29 is 9.59 Å². The molecule has 0 spiro atoms. The summed E-state index contributed by atoms with van der Waals surface area (Å²) >= 11 is 0. The van der Waals surface area contributed by atoms with E-state index >= 15 is 0 Å². The minimum absolute atomic E-state index is 0.211. The van der Waals surface area contributed by atoms with Crippen LogP contribution in [0.15, 0.2) is 46.4 Å². The third-order valence-corrected chi connectivity index (χ3v) is 4.46. The number of amides is 2. The number of aliphatic imine (C=N–C) groups is 2. The van der Waals surface area contributed by atoms with Gasteiger partial charge in [0, 0.05) is 51.7 Å². The summed E-state index contributed by atoms with van der Waals surface area (Å²) in [5, 5.41) is 12.0. The van der Waals surface area contributed by atoms with Gasteiger partial charge in [0.1, 0.15) is 11.4 Å². The van der Waals surface area contributed by atoms with Crippen LogP contribution < -0.4 is 21.3 Å². The minimum Gasteiger partial charge on any atom is -0.349 e. The molecule has 2 aromatic heterocycles. The van der Waals surface area contributed by atoms with Gasteiger partial charge in [0.25, 0.3) is 11.8 Å². The first-order valence-corrected chi connectivity index (χ1v) is 10.6. The first-order valence-electron chi connectivity index (χ1n) is 10.6. The highest BCUT2D eigenvalue weighted by Crippen LogP contribution is 2.00. The molecule has 0 unspecified atom stereocenters. The number of carbonyl (C=O) groups excluding carboxylic acids is 2. The number of aromatic nitrogens is 2. The van der Waals surface area contributed by atoms with E-state index in [4.69, 9.17) is 0 Å². The highest BCUT2D eigenvalue weighted by atomic mass is 16.2. The lowest BCUT2D eigenvalue weighted by molar-refractivity contribution is 0.0944. The van der Waals surface area contributed by atoms with E-state index in [1.165, 1.54) is 0 Å². The number of nitrogens with zero attached hydrogens (tertiary/aromatic N) is 4. The maximum absolute atomic E-state index is 12.3. The summed E-state index contributed by atoms with van der Waals surface area (Å²) in [4.78, 5) is 42.0. The van der Waals surface area contributed by atoms with Crippen molar-refractivity contribution in [3.63, 3.8) is 0 Å². The predicted octanol–water partition coefficient (Wildman–Crippen LogP) is -0.333. The fraction of sp³-hybridized carbons (Fsp3) is 0.364. The molecule has 0 radical (unpaired) electrons. The first-order chi connectivity index (χ1) is 15.7. The lowest BCUT2D eigenvalue weighted by atomic mass is 10.2. The summed E-state index contributed by atoms with van der Waals surface area (Å²) in [5.74, 6) is -0.635.